The zero-order valence-corrected chi connectivity index (χ0v) is 50.4. The van der Waals surface area contributed by atoms with E-state index in [1.165, 1.54) is 23.2 Å². The molecule has 6 heterocycles. The molecule has 0 saturated carbocycles. The molecule has 3 fully saturated rings. The fourth-order valence-corrected chi connectivity index (χ4v) is 12.1. The summed E-state index contributed by atoms with van der Waals surface area (Å²) in [7, 11) is 1.96. The Bertz CT molecular complexity index is 3300. The normalized spacial score (nSPS) is 18.9. The van der Waals surface area contributed by atoms with E-state index in [2.05, 4.69) is 30.5 Å². The molecule has 19 nitrogen and oxygen atoms in total. The molecule has 0 bridgehead atoms. The number of nitrogens with one attached hydrogen (secondary N) is 3. The molecule has 3 saturated heterocycles. The Hall–Kier alpha value is -7.41. The molecule has 2 aromatic carbocycles. The number of aromatic nitrogens is 3. The Morgan fingerprint density at radius 2 is 1.56 bits per heavy atom. The zero-order valence-electron chi connectivity index (χ0n) is 49.6. The van der Waals surface area contributed by atoms with Crippen LogP contribution in [-0.2, 0) is 41.3 Å². The van der Waals surface area contributed by atoms with Crippen molar-refractivity contribution >= 4 is 63.7 Å². The van der Waals surface area contributed by atoms with Gasteiger partial charge in [-0.15, -0.1) is 11.3 Å². The second-order valence-electron chi connectivity index (χ2n) is 23.7. The number of H-pyrrole nitrogens is 1. The molecule has 4 amide bonds. The molecule has 0 spiro atoms. The SMILES string of the molecule is Cc1ncsc1-c1ccc(CCC(=O)[C@@H]2C[C@@H](O)CN2C(=O)[C@@H](CC(=O)CCOCCNC(=O)CCC(=O)N2CCN(c3ccc(-c4cc(NC(=O)c5c[nH]c(=O)cc5C(F)(F)F)c(N5C[C@@H](C)N(C)[C@@H](C)C5)cc4F)cn3)CC2)C(C)(C)C)cc1. The number of amides is 4. The average molecular weight is 1210 g/mol. The van der Waals surface area contributed by atoms with E-state index in [9.17, 15) is 51.8 Å². The Kier molecular flexibility index (Phi) is 21.0. The number of aliphatic hydroxyl groups is 1. The van der Waals surface area contributed by atoms with Gasteiger partial charge in [-0.1, -0.05) is 45.0 Å². The van der Waals surface area contributed by atoms with Crippen LogP contribution < -0.4 is 26.0 Å². The van der Waals surface area contributed by atoms with E-state index >= 15 is 4.39 Å². The molecule has 462 valence electrons. The summed E-state index contributed by atoms with van der Waals surface area (Å²) in [5, 5.41) is 16.0. The highest BCUT2D eigenvalue weighted by Gasteiger charge is 2.44. The molecule has 0 radical (unpaired) electrons. The van der Waals surface area contributed by atoms with Crippen LogP contribution in [0, 0.1) is 24.1 Å². The maximum atomic E-state index is 16.2. The summed E-state index contributed by atoms with van der Waals surface area (Å²) in [4.78, 5) is 114. The maximum absolute atomic E-state index is 16.2. The third-order valence-electron chi connectivity index (χ3n) is 16.5. The van der Waals surface area contributed by atoms with Crippen LogP contribution >= 0.6 is 11.3 Å². The molecule has 5 atom stereocenters. The van der Waals surface area contributed by atoms with Crippen molar-refractivity contribution in [1.29, 1.82) is 0 Å². The van der Waals surface area contributed by atoms with E-state index in [0.717, 1.165) is 21.7 Å². The highest BCUT2D eigenvalue weighted by Crippen LogP contribution is 2.39. The summed E-state index contributed by atoms with van der Waals surface area (Å²) in [6, 6.07) is 13.5. The van der Waals surface area contributed by atoms with Crippen molar-refractivity contribution in [3.63, 3.8) is 0 Å². The average Bonchev–Trinajstić information content (AvgIpc) is 1.61. The van der Waals surface area contributed by atoms with Gasteiger partial charge in [0.15, 0.2) is 5.78 Å². The molecular formula is C62H76F4N10O9S. The number of rotatable bonds is 22. The molecule has 4 N–H and O–H groups in total. The fourth-order valence-electron chi connectivity index (χ4n) is 11.3. The third kappa shape index (κ3) is 16.2. The lowest BCUT2D eigenvalue weighted by atomic mass is 9.76. The predicted molar refractivity (Wildman–Crippen MR) is 319 cm³/mol. The van der Waals surface area contributed by atoms with Gasteiger partial charge in [-0.2, -0.15) is 13.2 Å². The summed E-state index contributed by atoms with van der Waals surface area (Å²) >= 11 is 1.57. The predicted octanol–water partition coefficient (Wildman–Crippen LogP) is 7.54. The van der Waals surface area contributed by atoms with Crippen LogP contribution in [-0.4, -0.2) is 167 Å². The number of benzene rings is 2. The number of ether oxygens (including phenoxy) is 1. The molecule has 3 aliphatic heterocycles. The minimum absolute atomic E-state index is 0.0157. The number of likely N-dealkylation sites (tertiary alicyclic amines) is 1. The van der Waals surface area contributed by atoms with Gasteiger partial charge in [-0.05, 0) is 75.0 Å². The molecule has 3 aliphatic rings. The molecule has 24 heteroatoms. The van der Waals surface area contributed by atoms with Crippen LogP contribution in [0.15, 0.2) is 77.3 Å². The van der Waals surface area contributed by atoms with Gasteiger partial charge >= 0.3 is 6.18 Å². The van der Waals surface area contributed by atoms with E-state index in [4.69, 9.17) is 4.74 Å². The number of piperazine rings is 2. The van der Waals surface area contributed by atoms with E-state index < -0.39 is 58.1 Å². The Balaban J connectivity index is 0.757. The largest absolute Gasteiger partial charge is 0.417 e. The van der Waals surface area contributed by atoms with E-state index in [-0.39, 0.29) is 123 Å². The van der Waals surface area contributed by atoms with Gasteiger partial charge in [-0.25, -0.2) is 14.4 Å². The number of thiazole rings is 1. The molecular weight excluding hydrogens is 1140 g/mol. The summed E-state index contributed by atoms with van der Waals surface area (Å²) in [5.41, 5.74) is 1.61. The smallest absolute Gasteiger partial charge is 0.391 e. The monoisotopic (exact) mass is 1210 g/mol. The molecule has 0 unspecified atom stereocenters. The van der Waals surface area contributed by atoms with Gasteiger partial charge in [0.25, 0.3) is 5.91 Å². The number of pyridine rings is 2. The lowest BCUT2D eigenvalue weighted by Crippen LogP contribution is -2.55. The van der Waals surface area contributed by atoms with Crippen LogP contribution in [0.1, 0.15) is 100 Å². The fraction of sp³-hybridized carbons (Fsp3) is 0.500. The number of alkyl halides is 3. The lowest BCUT2D eigenvalue weighted by molar-refractivity contribution is -0.146. The number of hydrogen-bond donors (Lipinski definition) is 4. The number of carbonyl (C=O) groups excluding carboxylic acids is 6. The summed E-state index contributed by atoms with van der Waals surface area (Å²) in [6.07, 6.45) is -3.00. The molecule has 86 heavy (non-hydrogen) atoms. The number of β-amino-alcohol motifs (C(OH)–C–C–N with tert-alkyl or cyclic N) is 1. The number of carbonyl (C=O) groups is 6. The number of nitrogens with zero attached hydrogens (tertiary/aromatic N) is 7. The van der Waals surface area contributed by atoms with Crippen LogP contribution in [0.2, 0.25) is 0 Å². The highest BCUT2D eigenvalue weighted by molar-refractivity contribution is 7.13. The van der Waals surface area contributed by atoms with Crippen LogP contribution in [0.25, 0.3) is 21.6 Å². The van der Waals surface area contributed by atoms with Gasteiger partial charge in [0, 0.05) is 138 Å². The van der Waals surface area contributed by atoms with Crippen molar-refractivity contribution in [2.45, 2.75) is 117 Å². The third-order valence-corrected chi connectivity index (χ3v) is 17.5. The lowest BCUT2D eigenvalue weighted by Gasteiger charge is -2.44. The zero-order chi connectivity index (χ0) is 62.2. The first-order valence-electron chi connectivity index (χ1n) is 29.0. The van der Waals surface area contributed by atoms with Crippen molar-refractivity contribution in [2.24, 2.45) is 11.3 Å². The minimum Gasteiger partial charge on any atom is -0.391 e. The molecule has 3 aromatic heterocycles. The first-order valence-corrected chi connectivity index (χ1v) is 29.9. The van der Waals surface area contributed by atoms with E-state index in [0.29, 0.717) is 69.3 Å². The Labute approximate surface area is 501 Å². The van der Waals surface area contributed by atoms with Crippen molar-refractivity contribution in [3.8, 4) is 21.6 Å². The van der Waals surface area contributed by atoms with Crippen molar-refractivity contribution in [2.75, 3.05) is 87.7 Å². The Morgan fingerprint density at radius 3 is 2.20 bits per heavy atom. The number of likely N-dealkylation sites (N-methyl/N-ethyl adjacent to an activating group) is 1. The van der Waals surface area contributed by atoms with Crippen LogP contribution in [0.3, 0.4) is 0 Å². The first-order chi connectivity index (χ1) is 40.7. The van der Waals surface area contributed by atoms with Crippen molar-refractivity contribution < 1.29 is 56.2 Å². The van der Waals surface area contributed by atoms with Gasteiger partial charge < -0.3 is 45.1 Å². The number of anilines is 3. The first kappa shape index (κ1) is 64.6. The number of ketones is 2. The number of aliphatic hydroxyl groups excluding tert-OH is 1. The van der Waals surface area contributed by atoms with E-state index in [1.807, 2.05) is 88.2 Å². The number of hydrogen-bond acceptors (Lipinski definition) is 15. The summed E-state index contributed by atoms with van der Waals surface area (Å²) < 4.78 is 63.9. The summed E-state index contributed by atoms with van der Waals surface area (Å²) in [5.74, 6) is -3.21. The standard InChI is InChI=1S/C62H76F4N10O9S/c1-37-33-75(34-38(2)72(37)7)51-30-49(63)45(28-50(51)71-59(83)46-32-69-56(81)29-47(46)62(64,65)66)42-13-15-54(68-31-42)73-20-22-74(23-21-73)57(82)17-16-55(80)67-19-25-85-24-18-43(77)26-48(61(4,5)6)60(84)76-35-44(78)27-52(76)53(79)14-10-40-8-11-41(12-9-40)58-39(3)70-36-86-58/h8-9,11-13,15,28-32,36-38,44,48,52,78H,10,14,16-27,33-35H2,1-7H3,(H,67,80)(H,69,81)(H,71,83)/t37-,38+,44-,48-,52+/m1/s1. The van der Waals surface area contributed by atoms with Gasteiger partial charge in [0.1, 0.15) is 17.4 Å². The summed E-state index contributed by atoms with van der Waals surface area (Å²) in [6.45, 7) is 14.3. The molecule has 8 rings (SSSR count). The molecule has 0 aliphatic carbocycles. The number of aryl methyl sites for hydroxylation is 2. The van der Waals surface area contributed by atoms with Gasteiger partial charge in [-0.3, -0.25) is 38.5 Å². The molecule has 5 aromatic rings. The van der Waals surface area contributed by atoms with E-state index in [1.54, 1.807) is 28.4 Å². The van der Waals surface area contributed by atoms with Crippen LogP contribution in [0.5, 0.6) is 0 Å². The minimum atomic E-state index is -5.01. The van der Waals surface area contributed by atoms with Crippen molar-refractivity contribution in [3.05, 3.63) is 111 Å². The maximum Gasteiger partial charge on any atom is 0.417 e. The second kappa shape index (κ2) is 28.0. The highest BCUT2D eigenvalue weighted by atomic mass is 32.1. The number of aromatic amines is 1. The van der Waals surface area contributed by atoms with Gasteiger partial charge in [0.05, 0.1) is 63.9 Å². The Morgan fingerprint density at radius 1 is 0.860 bits per heavy atom. The quantitative estimate of drug-likeness (QED) is 0.0388. The van der Waals surface area contributed by atoms with Gasteiger partial charge in [0.2, 0.25) is 23.3 Å². The second-order valence-corrected chi connectivity index (χ2v) is 24.5. The van der Waals surface area contributed by atoms with Crippen molar-refractivity contribution in [1.82, 2.24) is 35.0 Å². The number of Topliss-reactive ketones (excluding diaryl/α,β-unsaturated/α-hetero) is 2. The topological polar surface area (TPSA) is 231 Å². The number of halogens is 4. The van der Waals surface area contributed by atoms with Crippen LogP contribution in [0.4, 0.5) is 34.8 Å².